The van der Waals surface area contributed by atoms with Crippen LogP contribution in [0.5, 0.6) is 11.5 Å². The smallest absolute Gasteiger partial charge is 0.280 e. The van der Waals surface area contributed by atoms with Gasteiger partial charge in [-0.2, -0.15) is 0 Å². The Bertz CT molecular complexity index is 952. The molecular formula is C18H14FIN2O3S2. The first-order chi connectivity index (χ1) is 12.9. The lowest BCUT2D eigenvalue weighted by Gasteiger charge is -2.14. The van der Waals surface area contributed by atoms with Gasteiger partial charge in [-0.05, 0) is 52.4 Å². The molecule has 1 saturated heterocycles. The number of halogens is 2. The van der Waals surface area contributed by atoms with Crippen molar-refractivity contribution in [3.63, 3.8) is 0 Å². The summed E-state index contributed by atoms with van der Waals surface area (Å²) in [6, 6.07) is 10.0. The number of thioether (sulfide) groups is 1. The van der Waals surface area contributed by atoms with Gasteiger partial charge in [-0.25, -0.2) is 15.2 Å². The molecule has 9 heteroatoms. The maximum absolute atomic E-state index is 13.8. The Morgan fingerprint density at radius 3 is 2.74 bits per heavy atom. The van der Waals surface area contributed by atoms with Crippen LogP contribution in [-0.2, 0) is 11.4 Å². The average molecular weight is 516 g/mol. The third-order valence-corrected chi connectivity index (χ3v) is 5.83. The molecule has 1 heterocycles. The van der Waals surface area contributed by atoms with Crippen molar-refractivity contribution in [3.05, 3.63) is 61.8 Å². The van der Waals surface area contributed by atoms with Gasteiger partial charge in [0, 0.05) is 5.56 Å². The van der Waals surface area contributed by atoms with Crippen LogP contribution in [0.25, 0.3) is 6.08 Å². The number of hydrogen-bond acceptors (Lipinski definition) is 6. The molecule has 1 aliphatic heterocycles. The Hall–Kier alpha value is -1.69. The highest BCUT2D eigenvalue weighted by Gasteiger charge is 2.29. The van der Waals surface area contributed by atoms with Crippen LogP contribution in [-0.4, -0.2) is 22.3 Å². The van der Waals surface area contributed by atoms with Gasteiger partial charge in [-0.3, -0.25) is 4.79 Å². The van der Waals surface area contributed by atoms with Crippen molar-refractivity contribution >= 4 is 62.9 Å². The maximum Gasteiger partial charge on any atom is 0.280 e. The van der Waals surface area contributed by atoms with Crippen molar-refractivity contribution in [2.24, 2.45) is 5.84 Å². The zero-order valence-corrected chi connectivity index (χ0v) is 17.9. The molecule has 27 heavy (non-hydrogen) atoms. The largest absolute Gasteiger partial charge is 0.493 e. The number of rotatable bonds is 5. The van der Waals surface area contributed by atoms with Crippen LogP contribution in [0, 0.1) is 9.39 Å². The minimum Gasteiger partial charge on any atom is -0.493 e. The molecular weight excluding hydrogens is 502 g/mol. The van der Waals surface area contributed by atoms with Gasteiger partial charge in [0.2, 0.25) is 0 Å². The van der Waals surface area contributed by atoms with Gasteiger partial charge in [0.25, 0.3) is 5.91 Å². The van der Waals surface area contributed by atoms with E-state index in [9.17, 15) is 9.18 Å². The fourth-order valence-electron chi connectivity index (χ4n) is 2.36. The minimum atomic E-state index is -0.348. The summed E-state index contributed by atoms with van der Waals surface area (Å²) in [4.78, 5) is 12.5. The molecule has 1 fully saturated rings. The van der Waals surface area contributed by atoms with E-state index in [-0.39, 0.29) is 18.3 Å². The van der Waals surface area contributed by atoms with Gasteiger partial charge < -0.3 is 9.47 Å². The normalized spacial score (nSPS) is 15.6. The number of nitrogens with two attached hydrogens (primary N) is 1. The number of hydrogen-bond donors (Lipinski definition) is 1. The third-order valence-electron chi connectivity index (χ3n) is 3.70. The monoisotopic (exact) mass is 516 g/mol. The summed E-state index contributed by atoms with van der Waals surface area (Å²) in [6.45, 7) is 0.0736. The minimum absolute atomic E-state index is 0.0736. The predicted octanol–water partition coefficient (Wildman–Crippen LogP) is 4.09. The van der Waals surface area contributed by atoms with Gasteiger partial charge in [0.05, 0.1) is 15.6 Å². The fraction of sp³-hybridized carbons (Fsp3) is 0.111. The molecule has 0 unspecified atom stereocenters. The summed E-state index contributed by atoms with van der Waals surface area (Å²) in [7, 11) is 1.52. The van der Waals surface area contributed by atoms with E-state index in [1.807, 2.05) is 6.07 Å². The van der Waals surface area contributed by atoms with Crippen molar-refractivity contribution in [3.8, 4) is 11.5 Å². The number of ether oxygens (including phenoxy) is 2. The quantitative estimate of drug-likeness (QED) is 0.213. The number of benzene rings is 2. The van der Waals surface area contributed by atoms with Gasteiger partial charge in [-0.1, -0.05) is 42.2 Å². The first kappa shape index (κ1) is 20.1. The summed E-state index contributed by atoms with van der Waals surface area (Å²) in [5.74, 6) is 5.90. The molecule has 0 saturated carbocycles. The van der Waals surface area contributed by atoms with Crippen LogP contribution in [0.1, 0.15) is 11.1 Å². The highest BCUT2D eigenvalue weighted by atomic mass is 127. The highest BCUT2D eigenvalue weighted by molar-refractivity contribution is 14.1. The van der Waals surface area contributed by atoms with E-state index in [2.05, 4.69) is 22.6 Å². The zero-order chi connectivity index (χ0) is 19.6. The van der Waals surface area contributed by atoms with Crippen LogP contribution in [0.2, 0.25) is 0 Å². The number of carbonyl (C=O) groups excluding carboxylic acids is 1. The number of nitrogens with zero attached hydrogens (tertiary/aromatic N) is 1. The first-order valence-corrected chi connectivity index (χ1v) is 9.97. The van der Waals surface area contributed by atoms with Crippen LogP contribution < -0.4 is 15.3 Å². The van der Waals surface area contributed by atoms with E-state index in [0.717, 1.165) is 25.9 Å². The van der Waals surface area contributed by atoms with E-state index < -0.39 is 0 Å². The average Bonchev–Trinajstić information content (AvgIpc) is 2.88. The van der Waals surface area contributed by atoms with E-state index in [4.69, 9.17) is 27.5 Å². The van der Waals surface area contributed by atoms with E-state index >= 15 is 0 Å². The van der Waals surface area contributed by atoms with Gasteiger partial charge in [-0.15, -0.1) is 0 Å². The second kappa shape index (κ2) is 8.55. The summed E-state index contributed by atoms with van der Waals surface area (Å²) in [5.41, 5.74) is 1.19. The first-order valence-electron chi connectivity index (χ1n) is 7.67. The van der Waals surface area contributed by atoms with Crippen molar-refractivity contribution in [2.75, 3.05) is 7.11 Å². The number of thiocarbonyl (C=S) groups is 1. The van der Waals surface area contributed by atoms with Crippen molar-refractivity contribution < 1.29 is 18.7 Å². The number of amides is 1. The molecule has 2 N–H and O–H groups in total. The molecule has 140 valence electrons. The fourth-order valence-corrected chi connectivity index (χ4v) is 4.24. The molecule has 2 aromatic rings. The molecule has 1 aliphatic rings. The standard InChI is InChI=1S/C18H14FIN2O3S2/c1-24-14-7-10(8-15-17(23)22(21)18(26)27-15)6-13(20)16(14)25-9-11-4-2-3-5-12(11)19/h2-8H,9,21H2,1H3/b15-8-. The van der Waals surface area contributed by atoms with Crippen molar-refractivity contribution in [1.82, 2.24) is 5.01 Å². The summed E-state index contributed by atoms with van der Waals surface area (Å²) >= 11 is 8.27. The molecule has 2 aromatic carbocycles. The van der Waals surface area contributed by atoms with E-state index in [1.165, 1.54) is 13.2 Å². The van der Waals surface area contributed by atoms with Crippen molar-refractivity contribution in [2.45, 2.75) is 6.61 Å². The van der Waals surface area contributed by atoms with Crippen LogP contribution in [0.4, 0.5) is 4.39 Å². The van der Waals surface area contributed by atoms with Crippen LogP contribution >= 0.6 is 46.6 Å². The SMILES string of the molecule is COc1cc(/C=C2\SC(=S)N(N)C2=O)cc(I)c1OCc1ccccc1F. The molecule has 0 atom stereocenters. The van der Waals surface area contributed by atoms with E-state index in [0.29, 0.717) is 26.3 Å². The van der Waals surface area contributed by atoms with Gasteiger partial charge in [0.1, 0.15) is 12.4 Å². The van der Waals surface area contributed by atoms with Gasteiger partial charge >= 0.3 is 0 Å². The molecule has 5 nitrogen and oxygen atoms in total. The van der Waals surface area contributed by atoms with Crippen LogP contribution in [0.3, 0.4) is 0 Å². The van der Waals surface area contributed by atoms with Gasteiger partial charge in [0.15, 0.2) is 15.8 Å². The Balaban J connectivity index is 1.87. The lowest BCUT2D eigenvalue weighted by atomic mass is 10.1. The Labute approximate surface area is 178 Å². The van der Waals surface area contributed by atoms with Crippen molar-refractivity contribution in [1.29, 1.82) is 0 Å². The predicted molar refractivity (Wildman–Crippen MR) is 116 cm³/mol. The van der Waals surface area contributed by atoms with Crippen LogP contribution in [0.15, 0.2) is 41.3 Å². The second-order valence-electron chi connectivity index (χ2n) is 5.47. The topological polar surface area (TPSA) is 64.8 Å². The lowest BCUT2D eigenvalue weighted by Crippen LogP contribution is -2.34. The number of hydrazine groups is 1. The highest BCUT2D eigenvalue weighted by Crippen LogP contribution is 2.37. The summed E-state index contributed by atoms with van der Waals surface area (Å²) in [6.07, 6.45) is 1.69. The zero-order valence-electron chi connectivity index (χ0n) is 14.1. The summed E-state index contributed by atoms with van der Waals surface area (Å²) < 4.78 is 26.1. The lowest BCUT2D eigenvalue weighted by molar-refractivity contribution is -0.122. The molecule has 1 amide bonds. The molecule has 0 spiro atoms. The molecule has 0 radical (unpaired) electrons. The summed E-state index contributed by atoms with van der Waals surface area (Å²) in [5, 5.41) is 0.944. The van der Waals surface area contributed by atoms with E-state index in [1.54, 1.807) is 30.3 Å². The second-order valence-corrected chi connectivity index (χ2v) is 8.30. The molecule has 3 rings (SSSR count). The Morgan fingerprint density at radius 1 is 1.37 bits per heavy atom. The molecule has 0 bridgehead atoms. The number of methoxy groups -OCH3 is 1. The maximum atomic E-state index is 13.8. The Morgan fingerprint density at radius 2 is 2.11 bits per heavy atom. The Kier molecular flexibility index (Phi) is 6.35. The molecule has 0 aromatic heterocycles. The third kappa shape index (κ3) is 4.42. The number of carbonyl (C=O) groups is 1. The molecule has 0 aliphatic carbocycles.